The fourth-order valence-electron chi connectivity index (χ4n) is 3.51. The molecule has 0 bridgehead atoms. The van der Waals surface area contributed by atoms with Crippen LogP contribution in [0.1, 0.15) is 90.4 Å². The van der Waals surface area contributed by atoms with Gasteiger partial charge in [0.25, 0.3) is 0 Å². The topological polar surface area (TPSA) is 0 Å². The third-order valence-electron chi connectivity index (χ3n) is 4.96. The summed E-state index contributed by atoms with van der Waals surface area (Å²) in [6.07, 6.45) is 29.3. The Morgan fingerprint density at radius 3 is 2.45 bits per heavy atom. The highest BCUT2D eigenvalue weighted by molar-refractivity contribution is 4.97. The van der Waals surface area contributed by atoms with Crippen LogP contribution in [0.5, 0.6) is 0 Å². The second kappa shape index (κ2) is 13.9. The van der Waals surface area contributed by atoms with Crippen LogP contribution in [-0.4, -0.2) is 0 Å². The van der Waals surface area contributed by atoms with Crippen LogP contribution in [0.25, 0.3) is 0 Å². The van der Waals surface area contributed by atoms with Crippen LogP contribution in [0.2, 0.25) is 0 Å². The van der Waals surface area contributed by atoms with Crippen LogP contribution in [0.3, 0.4) is 0 Å². The molecule has 0 aromatic carbocycles. The molecule has 0 aliphatic heterocycles. The predicted octanol–water partition coefficient (Wildman–Crippen LogP) is 7.62. The Morgan fingerprint density at radius 2 is 1.64 bits per heavy atom. The van der Waals surface area contributed by atoms with Gasteiger partial charge in [-0.2, -0.15) is 0 Å². The Kier molecular flexibility index (Phi) is 12.1. The number of allylic oxidation sites excluding steroid dienone is 5. The Bertz CT molecular complexity index is 310. The SMILES string of the molecule is C=CCCCCC=CC[C@H]1CCC[C@@H]1C=CCCCCCC. The molecule has 0 N–H and O–H groups in total. The van der Waals surface area contributed by atoms with Crippen molar-refractivity contribution in [1.82, 2.24) is 0 Å². The quantitative estimate of drug-likeness (QED) is 0.242. The number of hydrogen-bond donors (Lipinski definition) is 0. The van der Waals surface area contributed by atoms with E-state index in [2.05, 4.69) is 37.8 Å². The summed E-state index contributed by atoms with van der Waals surface area (Å²) in [6.45, 7) is 6.06. The summed E-state index contributed by atoms with van der Waals surface area (Å²) in [6, 6.07) is 0. The second-order valence-electron chi connectivity index (χ2n) is 6.91. The number of unbranched alkanes of at least 4 members (excludes halogenated alkanes) is 7. The monoisotopic (exact) mass is 302 g/mol. The highest BCUT2D eigenvalue weighted by atomic mass is 14.3. The van der Waals surface area contributed by atoms with E-state index in [9.17, 15) is 0 Å². The average Bonchev–Trinajstić information content (AvgIpc) is 2.97. The lowest BCUT2D eigenvalue weighted by atomic mass is 9.92. The van der Waals surface area contributed by atoms with E-state index in [4.69, 9.17) is 0 Å². The molecule has 0 nitrogen and oxygen atoms in total. The third kappa shape index (κ3) is 9.28. The fourth-order valence-corrected chi connectivity index (χ4v) is 3.51. The zero-order valence-corrected chi connectivity index (χ0v) is 14.9. The van der Waals surface area contributed by atoms with E-state index in [0.717, 1.165) is 11.8 Å². The van der Waals surface area contributed by atoms with E-state index in [1.165, 1.54) is 83.5 Å². The zero-order valence-electron chi connectivity index (χ0n) is 14.9. The molecule has 0 amide bonds. The van der Waals surface area contributed by atoms with Crippen LogP contribution >= 0.6 is 0 Å². The van der Waals surface area contributed by atoms with Gasteiger partial charge in [-0.15, -0.1) is 6.58 Å². The first-order valence-corrected chi connectivity index (χ1v) is 9.81. The van der Waals surface area contributed by atoms with Gasteiger partial charge in [0, 0.05) is 0 Å². The molecule has 0 saturated heterocycles. The van der Waals surface area contributed by atoms with Gasteiger partial charge in [0.2, 0.25) is 0 Å². The minimum absolute atomic E-state index is 0.858. The van der Waals surface area contributed by atoms with Crippen LogP contribution in [-0.2, 0) is 0 Å². The van der Waals surface area contributed by atoms with Gasteiger partial charge in [-0.05, 0) is 69.6 Å². The van der Waals surface area contributed by atoms with Gasteiger partial charge in [0.1, 0.15) is 0 Å². The second-order valence-corrected chi connectivity index (χ2v) is 6.91. The van der Waals surface area contributed by atoms with Crippen LogP contribution in [0.15, 0.2) is 37.0 Å². The average molecular weight is 303 g/mol. The Labute approximate surface area is 139 Å². The first-order chi connectivity index (χ1) is 10.9. The fraction of sp³-hybridized carbons (Fsp3) is 0.727. The van der Waals surface area contributed by atoms with E-state index in [0.29, 0.717) is 0 Å². The molecular formula is C22H38. The van der Waals surface area contributed by atoms with E-state index < -0.39 is 0 Å². The lowest BCUT2D eigenvalue weighted by Crippen LogP contribution is -2.03. The maximum absolute atomic E-state index is 3.78. The van der Waals surface area contributed by atoms with Crippen molar-refractivity contribution in [2.24, 2.45) is 11.8 Å². The molecule has 1 fully saturated rings. The van der Waals surface area contributed by atoms with Gasteiger partial charge in [-0.3, -0.25) is 0 Å². The molecule has 1 aliphatic rings. The van der Waals surface area contributed by atoms with Gasteiger partial charge < -0.3 is 0 Å². The van der Waals surface area contributed by atoms with Crippen LogP contribution in [0.4, 0.5) is 0 Å². The summed E-state index contributed by atoms with van der Waals surface area (Å²) >= 11 is 0. The Hall–Kier alpha value is -0.780. The van der Waals surface area contributed by atoms with Crippen molar-refractivity contribution < 1.29 is 0 Å². The van der Waals surface area contributed by atoms with Gasteiger partial charge in [0.15, 0.2) is 0 Å². The molecule has 0 heterocycles. The molecule has 1 aliphatic carbocycles. The van der Waals surface area contributed by atoms with E-state index in [-0.39, 0.29) is 0 Å². The van der Waals surface area contributed by atoms with E-state index in [1.54, 1.807) is 0 Å². The molecule has 2 atom stereocenters. The lowest BCUT2D eigenvalue weighted by Gasteiger charge is -2.14. The summed E-state index contributed by atoms with van der Waals surface area (Å²) < 4.78 is 0. The molecular weight excluding hydrogens is 264 g/mol. The van der Waals surface area contributed by atoms with Gasteiger partial charge >= 0.3 is 0 Å². The highest BCUT2D eigenvalue weighted by Crippen LogP contribution is 2.35. The normalized spacial score (nSPS) is 22.0. The van der Waals surface area contributed by atoms with Gasteiger partial charge in [-0.25, -0.2) is 0 Å². The lowest BCUT2D eigenvalue weighted by molar-refractivity contribution is 0.462. The molecule has 22 heavy (non-hydrogen) atoms. The zero-order chi connectivity index (χ0) is 15.9. The Balaban J connectivity index is 2.12. The number of rotatable bonds is 13. The van der Waals surface area contributed by atoms with Crippen molar-refractivity contribution in [3.05, 3.63) is 37.0 Å². The van der Waals surface area contributed by atoms with E-state index >= 15 is 0 Å². The molecule has 126 valence electrons. The van der Waals surface area contributed by atoms with Crippen molar-refractivity contribution in [3.63, 3.8) is 0 Å². The smallest absolute Gasteiger partial charge is 0.0202 e. The van der Waals surface area contributed by atoms with Gasteiger partial charge in [-0.1, -0.05) is 63.0 Å². The standard InChI is InChI=1S/C22H38/c1-3-5-7-9-11-13-15-18-22-20-16-19-21(22)17-14-12-10-8-6-4-2/h3,13-15,17,21-22H,1,4-12,16,18-20H2,2H3/t21-,22-/m0/s1. The predicted molar refractivity (Wildman–Crippen MR) is 101 cm³/mol. The van der Waals surface area contributed by atoms with Gasteiger partial charge in [0.05, 0.1) is 0 Å². The summed E-state index contributed by atoms with van der Waals surface area (Å²) in [5, 5.41) is 0. The van der Waals surface area contributed by atoms with E-state index in [1.807, 2.05) is 6.08 Å². The summed E-state index contributed by atoms with van der Waals surface area (Å²) in [5.74, 6) is 1.77. The summed E-state index contributed by atoms with van der Waals surface area (Å²) in [5.41, 5.74) is 0. The third-order valence-corrected chi connectivity index (χ3v) is 4.96. The van der Waals surface area contributed by atoms with Crippen molar-refractivity contribution >= 4 is 0 Å². The minimum atomic E-state index is 0.858. The van der Waals surface area contributed by atoms with Crippen LogP contribution < -0.4 is 0 Å². The maximum Gasteiger partial charge on any atom is -0.0202 e. The number of hydrogen-bond acceptors (Lipinski definition) is 0. The van der Waals surface area contributed by atoms with Crippen molar-refractivity contribution in [3.8, 4) is 0 Å². The molecule has 1 saturated carbocycles. The molecule has 0 aromatic rings. The molecule has 0 aromatic heterocycles. The van der Waals surface area contributed by atoms with Crippen molar-refractivity contribution in [2.75, 3.05) is 0 Å². The molecule has 0 heteroatoms. The van der Waals surface area contributed by atoms with Crippen LogP contribution in [0, 0.1) is 11.8 Å². The molecule has 1 rings (SSSR count). The highest BCUT2D eigenvalue weighted by Gasteiger charge is 2.23. The van der Waals surface area contributed by atoms with Crippen molar-refractivity contribution in [1.29, 1.82) is 0 Å². The summed E-state index contributed by atoms with van der Waals surface area (Å²) in [4.78, 5) is 0. The summed E-state index contributed by atoms with van der Waals surface area (Å²) in [7, 11) is 0. The first-order valence-electron chi connectivity index (χ1n) is 9.81. The minimum Gasteiger partial charge on any atom is -0.103 e. The van der Waals surface area contributed by atoms with Crippen molar-refractivity contribution in [2.45, 2.75) is 90.4 Å². The molecule has 0 radical (unpaired) electrons. The Morgan fingerprint density at radius 1 is 0.864 bits per heavy atom. The first kappa shape index (κ1) is 19.3. The maximum atomic E-state index is 3.78. The molecule has 0 unspecified atom stereocenters. The largest absolute Gasteiger partial charge is 0.103 e. The molecule has 0 spiro atoms.